The van der Waals surface area contributed by atoms with Crippen molar-refractivity contribution in [2.45, 2.75) is 6.42 Å². The molecule has 2 aromatic carbocycles. The number of carbonyl (C=O) groups is 2. The zero-order chi connectivity index (χ0) is 22.1. The number of hydrogen-bond donors (Lipinski definition) is 0. The van der Waals surface area contributed by atoms with Crippen LogP contribution >= 0.6 is 11.6 Å². The topological polar surface area (TPSA) is 70.8 Å². The van der Waals surface area contributed by atoms with E-state index in [4.69, 9.17) is 11.6 Å². The van der Waals surface area contributed by atoms with Crippen molar-refractivity contribution < 1.29 is 9.59 Å². The molecule has 2 aromatic heterocycles. The van der Waals surface area contributed by atoms with Crippen LogP contribution in [0.4, 0.5) is 5.82 Å². The number of halogens is 1. The smallest absolute Gasteiger partial charge is 0.248 e. The van der Waals surface area contributed by atoms with E-state index in [9.17, 15) is 9.59 Å². The summed E-state index contributed by atoms with van der Waals surface area (Å²) in [4.78, 5) is 33.1. The first-order valence-electron chi connectivity index (χ1n) is 10.3. The minimum Gasteiger partial charge on any atom is -0.336 e. The number of benzene rings is 2. The van der Waals surface area contributed by atoms with Crippen LogP contribution in [-0.2, 0) is 16.0 Å². The summed E-state index contributed by atoms with van der Waals surface area (Å²) in [5.74, 6) is 0.112. The normalized spacial score (nSPS) is 14.4. The standard InChI is InChI=1S/C24H20ClN5O2/c25-19-8-6-18(7-9-19)20-14-21-24(26-11-13-30(21)27-20)28-15-22(31)29(23(32)16-28)12-10-17-4-2-1-3-5-17/h1-9,11,13-14H,10,12,15-16H2. The van der Waals surface area contributed by atoms with Crippen molar-refractivity contribution in [3.05, 3.63) is 83.6 Å². The predicted octanol–water partition coefficient (Wildman–Crippen LogP) is 3.47. The number of amides is 2. The highest BCUT2D eigenvalue weighted by molar-refractivity contribution is 6.30. The molecule has 0 N–H and O–H groups in total. The molecule has 1 aliphatic rings. The van der Waals surface area contributed by atoms with E-state index in [0.29, 0.717) is 23.8 Å². The Bertz CT molecular complexity index is 1270. The van der Waals surface area contributed by atoms with Crippen molar-refractivity contribution in [2.24, 2.45) is 0 Å². The molecule has 1 aliphatic heterocycles. The van der Waals surface area contributed by atoms with Gasteiger partial charge < -0.3 is 4.90 Å². The number of carbonyl (C=O) groups excluding carboxylic acids is 2. The van der Waals surface area contributed by atoms with Gasteiger partial charge in [0.05, 0.1) is 18.8 Å². The summed E-state index contributed by atoms with van der Waals surface area (Å²) < 4.78 is 1.71. The van der Waals surface area contributed by atoms with E-state index in [1.807, 2.05) is 60.7 Å². The maximum Gasteiger partial charge on any atom is 0.248 e. The molecule has 1 saturated heterocycles. The average Bonchev–Trinajstić information content (AvgIpc) is 3.24. The molecule has 0 bridgehead atoms. The first kappa shape index (κ1) is 20.2. The highest BCUT2D eigenvalue weighted by Crippen LogP contribution is 2.27. The van der Waals surface area contributed by atoms with Crippen LogP contribution in [0.5, 0.6) is 0 Å². The van der Waals surface area contributed by atoms with Crippen LogP contribution in [0.25, 0.3) is 16.8 Å². The molecule has 7 nitrogen and oxygen atoms in total. The van der Waals surface area contributed by atoms with Gasteiger partial charge in [-0.25, -0.2) is 9.50 Å². The molecule has 0 unspecified atom stereocenters. The molecule has 5 rings (SSSR count). The van der Waals surface area contributed by atoms with Gasteiger partial charge >= 0.3 is 0 Å². The van der Waals surface area contributed by atoms with Crippen molar-refractivity contribution in [3.63, 3.8) is 0 Å². The first-order valence-corrected chi connectivity index (χ1v) is 10.7. The second-order valence-electron chi connectivity index (χ2n) is 7.65. The Hall–Kier alpha value is -3.71. The van der Waals surface area contributed by atoms with Crippen LogP contribution in [0.15, 0.2) is 73.1 Å². The Kier molecular flexibility index (Phi) is 5.33. The number of piperazine rings is 1. The Morgan fingerprint density at radius 2 is 1.66 bits per heavy atom. The van der Waals surface area contributed by atoms with E-state index in [1.54, 1.807) is 21.8 Å². The van der Waals surface area contributed by atoms with Crippen LogP contribution in [0, 0.1) is 0 Å². The Balaban J connectivity index is 1.37. The zero-order valence-corrected chi connectivity index (χ0v) is 17.9. The third-order valence-corrected chi connectivity index (χ3v) is 5.78. The lowest BCUT2D eigenvalue weighted by molar-refractivity contribution is -0.145. The molecule has 3 heterocycles. The van der Waals surface area contributed by atoms with Crippen LogP contribution in [0.3, 0.4) is 0 Å². The number of hydrogen-bond acceptors (Lipinski definition) is 5. The molecular weight excluding hydrogens is 426 g/mol. The van der Waals surface area contributed by atoms with E-state index in [0.717, 1.165) is 22.3 Å². The molecular formula is C24H20ClN5O2. The first-order chi connectivity index (χ1) is 15.6. The summed E-state index contributed by atoms with van der Waals surface area (Å²) in [6, 6.07) is 19.2. The highest BCUT2D eigenvalue weighted by Gasteiger charge is 2.32. The summed E-state index contributed by atoms with van der Waals surface area (Å²) >= 11 is 5.99. The predicted molar refractivity (Wildman–Crippen MR) is 123 cm³/mol. The van der Waals surface area contributed by atoms with Gasteiger partial charge in [0.1, 0.15) is 5.52 Å². The van der Waals surface area contributed by atoms with Crippen LogP contribution in [-0.4, -0.2) is 50.9 Å². The molecule has 0 radical (unpaired) electrons. The Morgan fingerprint density at radius 1 is 0.938 bits per heavy atom. The van der Waals surface area contributed by atoms with Crippen molar-refractivity contribution in [3.8, 4) is 11.3 Å². The largest absolute Gasteiger partial charge is 0.336 e. The maximum atomic E-state index is 12.8. The number of rotatable bonds is 5. The quantitative estimate of drug-likeness (QED) is 0.440. The summed E-state index contributed by atoms with van der Waals surface area (Å²) in [6.07, 6.45) is 4.01. The lowest BCUT2D eigenvalue weighted by Crippen LogP contribution is -2.54. The third kappa shape index (κ3) is 3.94. The molecule has 0 aliphatic carbocycles. The molecule has 0 atom stereocenters. The van der Waals surface area contributed by atoms with Crippen molar-refractivity contribution in [2.75, 3.05) is 24.5 Å². The maximum absolute atomic E-state index is 12.8. The lowest BCUT2D eigenvalue weighted by Gasteiger charge is -2.33. The summed E-state index contributed by atoms with van der Waals surface area (Å²) in [5.41, 5.74) is 3.50. The van der Waals surface area contributed by atoms with Gasteiger partial charge in [-0.2, -0.15) is 5.10 Å². The highest BCUT2D eigenvalue weighted by atomic mass is 35.5. The van der Waals surface area contributed by atoms with E-state index in [1.165, 1.54) is 4.90 Å². The number of aromatic nitrogens is 3. The number of nitrogens with zero attached hydrogens (tertiary/aromatic N) is 5. The van der Waals surface area contributed by atoms with Gasteiger partial charge in [0.15, 0.2) is 5.82 Å². The summed E-state index contributed by atoms with van der Waals surface area (Å²) in [7, 11) is 0. The van der Waals surface area contributed by atoms with Gasteiger partial charge in [-0.1, -0.05) is 54.1 Å². The number of imide groups is 1. The third-order valence-electron chi connectivity index (χ3n) is 5.53. The van der Waals surface area contributed by atoms with Crippen molar-refractivity contribution in [1.82, 2.24) is 19.5 Å². The molecule has 160 valence electrons. The fraction of sp³-hybridized carbons (Fsp3) is 0.167. The van der Waals surface area contributed by atoms with Crippen LogP contribution in [0.1, 0.15) is 5.56 Å². The van der Waals surface area contributed by atoms with Gasteiger partial charge in [0, 0.05) is 29.5 Å². The second kappa shape index (κ2) is 8.43. The molecule has 32 heavy (non-hydrogen) atoms. The van der Waals surface area contributed by atoms with Crippen LogP contribution < -0.4 is 4.90 Å². The fourth-order valence-corrected chi connectivity index (χ4v) is 4.02. The molecule has 4 aromatic rings. The molecule has 0 spiro atoms. The van der Waals surface area contributed by atoms with Crippen LogP contribution in [0.2, 0.25) is 5.02 Å². The molecule has 0 saturated carbocycles. The molecule has 8 heteroatoms. The van der Waals surface area contributed by atoms with Gasteiger partial charge in [0.25, 0.3) is 0 Å². The van der Waals surface area contributed by atoms with E-state index < -0.39 is 0 Å². The minimum absolute atomic E-state index is 0.0919. The Morgan fingerprint density at radius 3 is 2.38 bits per heavy atom. The lowest BCUT2D eigenvalue weighted by atomic mass is 10.1. The van der Waals surface area contributed by atoms with Gasteiger partial charge in [-0.3, -0.25) is 14.5 Å². The van der Waals surface area contributed by atoms with Gasteiger partial charge in [-0.15, -0.1) is 0 Å². The zero-order valence-electron chi connectivity index (χ0n) is 17.2. The van der Waals surface area contributed by atoms with Crippen molar-refractivity contribution >= 4 is 34.7 Å². The molecule has 1 fully saturated rings. The number of anilines is 1. The van der Waals surface area contributed by atoms with E-state index in [2.05, 4.69) is 10.1 Å². The Labute approximate surface area is 189 Å². The van der Waals surface area contributed by atoms with E-state index in [-0.39, 0.29) is 24.9 Å². The minimum atomic E-state index is -0.224. The van der Waals surface area contributed by atoms with Gasteiger partial charge in [-0.05, 0) is 30.2 Å². The fourth-order valence-electron chi connectivity index (χ4n) is 3.89. The summed E-state index contributed by atoms with van der Waals surface area (Å²) in [6.45, 7) is 0.559. The molecule has 2 amide bonds. The monoisotopic (exact) mass is 445 g/mol. The summed E-state index contributed by atoms with van der Waals surface area (Å²) in [5, 5.41) is 5.27. The van der Waals surface area contributed by atoms with Crippen molar-refractivity contribution in [1.29, 1.82) is 0 Å². The van der Waals surface area contributed by atoms with E-state index >= 15 is 0 Å². The second-order valence-corrected chi connectivity index (χ2v) is 8.08. The average molecular weight is 446 g/mol. The van der Waals surface area contributed by atoms with Gasteiger partial charge in [0.2, 0.25) is 11.8 Å². The SMILES string of the molecule is O=C1CN(c2nccn3nc(-c4ccc(Cl)cc4)cc23)CC(=O)N1CCc1ccccc1. The number of fused-ring (bicyclic) bond motifs is 1.